The van der Waals surface area contributed by atoms with Gasteiger partial charge in [-0.25, -0.2) is 8.42 Å². The first-order valence-corrected chi connectivity index (χ1v) is 5.98. The fourth-order valence-electron chi connectivity index (χ4n) is 0.570. The third-order valence-corrected chi connectivity index (χ3v) is 4.44. The summed E-state index contributed by atoms with van der Waals surface area (Å²) in [6.07, 6.45) is 0. The second kappa shape index (κ2) is 3.78. The summed E-state index contributed by atoms with van der Waals surface area (Å²) < 4.78 is 22.3. The Hall–Kier alpha value is -0.380. The van der Waals surface area contributed by atoms with Crippen LogP contribution in [0, 0.1) is 5.92 Å². The molecule has 0 aliphatic heterocycles. The Balaban J connectivity index is 4.65. The molecule has 0 aromatic heterocycles. The van der Waals surface area contributed by atoms with Crippen LogP contribution in [0.3, 0.4) is 0 Å². The van der Waals surface area contributed by atoms with Gasteiger partial charge in [0.25, 0.3) is 0 Å². The molecule has 3 nitrogen and oxygen atoms in total. The molecule has 0 radical (unpaired) electrons. The summed E-state index contributed by atoms with van der Waals surface area (Å²) in [6, 6.07) is 0. The number of rotatable bonds is 3. The summed E-state index contributed by atoms with van der Waals surface area (Å²) in [5, 5.41) is 0. The number of carbonyl (C=O) groups excluding carboxylic acids is 1. The van der Waals surface area contributed by atoms with Crippen molar-refractivity contribution in [2.24, 2.45) is 5.92 Å². The van der Waals surface area contributed by atoms with Gasteiger partial charge in [0.1, 0.15) is 11.5 Å². The third-order valence-electron chi connectivity index (χ3n) is 1.91. The zero-order valence-corrected chi connectivity index (χ0v) is 9.73. The van der Waals surface area contributed by atoms with Crippen LogP contribution >= 0.6 is 0 Å². The Morgan fingerprint density at radius 1 is 1.23 bits per heavy atom. The average Bonchev–Trinajstić information content (AvgIpc) is 1.83. The molecule has 0 saturated carbocycles. The van der Waals surface area contributed by atoms with E-state index in [0.717, 1.165) is 0 Å². The van der Waals surface area contributed by atoms with Gasteiger partial charge >= 0.3 is 0 Å². The van der Waals surface area contributed by atoms with Crippen LogP contribution in [0.25, 0.3) is 0 Å². The fourth-order valence-corrected chi connectivity index (χ4v) is 1.71. The van der Waals surface area contributed by atoms with Crippen LogP contribution in [0.15, 0.2) is 0 Å². The van der Waals surface area contributed by atoms with Crippen LogP contribution in [0.5, 0.6) is 0 Å². The monoisotopic (exact) mass is 206 g/mol. The van der Waals surface area contributed by atoms with E-state index >= 15 is 0 Å². The molecule has 0 aliphatic rings. The highest BCUT2D eigenvalue weighted by molar-refractivity contribution is 7.93. The highest BCUT2D eigenvalue weighted by Crippen LogP contribution is 2.16. The van der Waals surface area contributed by atoms with Crippen molar-refractivity contribution >= 4 is 15.6 Å². The standard InChI is InChI=1S/C9H18O3S/c1-7(2)8(10)6-13(11,12)9(3,4)5/h7H,6H2,1-5H3. The number of hydrogen-bond acceptors (Lipinski definition) is 3. The number of Topliss-reactive ketones (excluding diaryl/α,β-unsaturated/α-hetero) is 1. The molecule has 0 saturated heterocycles. The molecule has 0 unspecified atom stereocenters. The molecule has 0 aromatic rings. The van der Waals surface area contributed by atoms with E-state index in [1.54, 1.807) is 34.6 Å². The van der Waals surface area contributed by atoms with Gasteiger partial charge in [-0.15, -0.1) is 0 Å². The van der Waals surface area contributed by atoms with Gasteiger partial charge in [-0.1, -0.05) is 13.8 Å². The Morgan fingerprint density at radius 3 is 1.85 bits per heavy atom. The smallest absolute Gasteiger partial charge is 0.162 e. The topological polar surface area (TPSA) is 51.2 Å². The summed E-state index contributed by atoms with van der Waals surface area (Å²) in [5.41, 5.74) is 0. The van der Waals surface area contributed by atoms with Crippen molar-refractivity contribution in [2.45, 2.75) is 39.4 Å². The Kier molecular flexibility index (Phi) is 3.67. The maximum atomic E-state index is 11.5. The molecule has 0 atom stereocenters. The maximum Gasteiger partial charge on any atom is 0.162 e. The summed E-state index contributed by atoms with van der Waals surface area (Å²) in [6.45, 7) is 8.24. The molecule has 0 spiro atoms. The molecule has 0 heterocycles. The molecule has 0 rings (SSSR count). The molecule has 4 heteroatoms. The van der Waals surface area contributed by atoms with Gasteiger partial charge in [0.2, 0.25) is 0 Å². The fraction of sp³-hybridized carbons (Fsp3) is 0.889. The minimum Gasteiger partial charge on any atom is -0.298 e. The van der Waals surface area contributed by atoms with E-state index in [0.29, 0.717) is 0 Å². The molecular formula is C9H18O3S. The molecule has 13 heavy (non-hydrogen) atoms. The molecule has 0 aromatic carbocycles. The zero-order valence-electron chi connectivity index (χ0n) is 8.92. The number of carbonyl (C=O) groups is 1. The summed E-state index contributed by atoms with van der Waals surface area (Å²) in [5.74, 6) is -0.763. The van der Waals surface area contributed by atoms with Crippen LogP contribution in [0.4, 0.5) is 0 Å². The SMILES string of the molecule is CC(C)C(=O)CS(=O)(=O)C(C)(C)C. The molecule has 0 N–H and O–H groups in total. The van der Waals surface area contributed by atoms with Crippen LogP contribution in [0.2, 0.25) is 0 Å². The van der Waals surface area contributed by atoms with Crippen molar-refractivity contribution in [1.29, 1.82) is 0 Å². The van der Waals surface area contributed by atoms with Crippen molar-refractivity contribution in [3.8, 4) is 0 Å². The van der Waals surface area contributed by atoms with Crippen molar-refractivity contribution in [1.82, 2.24) is 0 Å². The third kappa shape index (κ3) is 3.46. The van der Waals surface area contributed by atoms with Gasteiger partial charge < -0.3 is 0 Å². The largest absolute Gasteiger partial charge is 0.298 e. The first-order valence-electron chi connectivity index (χ1n) is 4.33. The van der Waals surface area contributed by atoms with Crippen molar-refractivity contribution in [3.63, 3.8) is 0 Å². The first-order chi connectivity index (χ1) is 5.58. The van der Waals surface area contributed by atoms with Crippen LogP contribution in [-0.2, 0) is 14.6 Å². The average molecular weight is 206 g/mol. The maximum absolute atomic E-state index is 11.5. The van der Waals surface area contributed by atoms with Gasteiger partial charge in [0.15, 0.2) is 9.84 Å². The van der Waals surface area contributed by atoms with E-state index < -0.39 is 14.6 Å². The van der Waals surface area contributed by atoms with Gasteiger partial charge in [-0.2, -0.15) is 0 Å². The number of hydrogen-bond donors (Lipinski definition) is 0. The van der Waals surface area contributed by atoms with Crippen LogP contribution in [0.1, 0.15) is 34.6 Å². The lowest BCUT2D eigenvalue weighted by Gasteiger charge is -2.19. The van der Waals surface area contributed by atoms with E-state index in [1.807, 2.05) is 0 Å². The Labute approximate surface area is 80.4 Å². The lowest BCUT2D eigenvalue weighted by atomic mass is 10.1. The summed E-state index contributed by atoms with van der Waals surface area (Å²) in [4.78, 5) is 11.2. The summed E-state index contributed by atoms with van der Waals surface area (Å²) in [7, 11) is -3.29. The second-order valence-corrected chi connectivity index (χ2v) is 7.24. The number of sulfone groups is 1. The van der Waals surface area contributed by atoms with Crippen molar-refractivity contribution in [3.05, 3.63) is 0 Å². The van der Waals surface area contributed by atoms with Gasteiger partial charge in [-0.3, -0.25) is 4.79 Å². The lowest BCUT2D eigenvalue weighted by Crippen LogP contribution is -2.34. The number of ketones is 1. The van der Waals surface area contributed by atoms with E-state index in [4.69, 9.17) is 0 Å². The summed E-state index contributed by atoms with van der Waals surface area (Å²) >= 11 is 0. The predicted octanol–water partition coefficient (Wildman–Crippen LogP) is 1.42. The Bertz CT molecular complexity index is 280. The molecule has 0 amide bonds. The Morgan fingerprint density at radius 2 is 1.62 bits per heavy atom. The van der Waals surface area contributed by atoms with E-state index in [1.165, 1.54) is 0 Å². The normalized spacial score (nSPS) is 13.4. The van der Waals surface area contributed by atoms with Gasteiger partial charge in [0.05, 0.1) is 4.75 Å². The first kappa shape index (κ1) is 12.6. The highest BCUT2D eigenvalue weighted by Gasteiger charge is 2.31. The molecule has 0 fully saturated rings. The quantitative estimate of drug-likeness (QED) is 0.701. The van der Waals surface area contributed by atoms with E-state index in [-0.39, 0.29) is 17.5 Å². The van der Waals surface area contributed by atoms with Gasteiger partial charge in [0, 0.05) is 5.92 Å². The predicted molar refractivity (Wildman–Crippen MR) is 53.4 cm³/mol. The molecule has 78 valence electrons. The molecule has 0 aliphatic carbocycles. The highest BCUT2D eigenvalue weighted by atomic mass is 32.2. The second-order valence-electron chi connectivity index (χ2n) is 4.49. The van der Waals surface area contributed by atoms with E-state index in [9.17, 15) is 13.2 Å². The van der Waals surface area contributed by atoms with Crippen LogP contribution in [-0.4, -0.2) is 24.7 Å². The van der Waals surface area contributed by atoms with E-state index in [2.05, 4.69) is 0 Å². The minimum absolute atomic E-state index is 0.211. The lowest BCUT2D eigenvalue weighted by molar-refractivity contribution is -0.119. The zero-order chi connectivity index (χ0) is 10.9. The van der Waals surface area contributed by atoms with Crippen LogP contribution < -0.4 is 0 Å². The molecular weight excluding hydrogens is 188 g/mol. The molecule has 0 bridgehead atoms. The van der Waals surface area contributed by atoms with Crippen molar-refractivity contribution < 1.29 is 13.2 Å². The minimum atomic E-state index is -3.29. The van der Waals surface area contributed by atoms with Gasteiger partial charge in [-0.05, 0) is 20.8 Å². The van der Waals surface area contributed by atoms with Crippen molar-refractivity contribution in [2.75, 3.05) is 5.75 Å².